The zero-order valence-corrected chi connectivity index (χ0v) is 10.3. The molecule has 0 saturated carbocycles. The quantitative estimate of drug-likeness (QED) is 0.876. The molecular formula is C12H16ClN3. The Balaban J connectivity index is 2.85. The van der Waals surface area contributed by atoms with Crippen molar-refractivity contribution in [2.24, 2.45) is 5.73 Å². The standard InChI is InChI=1S/C12H16ClN3/c1-9(15)11-5-4-10(8-12(11)13)16(2)7-3-6-14/h4-5,8-9H,3,7,15H2,1-2H3. The maximum atomic E-state index is 8.51. The summed E-state index contributed by atoms with van der Waals surface area (Å²) in [6.45, 7) is 2.60. The van der Waals surface area contributed by atoms with Crippen molar-refractivity contribution in [3.05, 3.63) is 28.8 Å². The summed E-state index contributed by atoms with van der Waals surface area (Å²) >= 11 is 6.13. The van der Waals surface area contributed by atoms with Gasteiger partial charge in [0.05, 0.1) is 12.5 Å². The lowest BCUT2D eigenvalue weighted by molar-refractivity contribution is 0.817. The summed E-state index contributed by atoms with van der Waals surface area (Å²) in [4.78, 5) is 2.00. The lowest BCUT2D eigenvalue weighted by Gasteiger charge is -2.19. The van der Waals surface area contributed by atoms with E-state index in [4.69, 9.17) is 22.6 Å². The van der Waals surface area contributed by atoms with E-state index in [0.717, 1.165) is 11.3 Å². The van der Waals surface area contributed by atoms with Crippen LogP contribution in [0.2, 0.25) is 5.02 Å². The molecule has 0 aliphatic rings. The zero-order valence-electron chi connectivity index (χ0n) is 9.57. The van der Waals surface area contributed by atoms with Crippen LogP contribution in [-0.2, 0) is 0 Å². The first kappa shape index (κ1) is 12.8. The summed E-state index contributed by atoms with van der Waals surface area (Å²) in [6, 6.07) is 7.85. The molecule has 1 unspecified atom stereocenters. The van der Waals surface area contributed by atoms with Gasteiger partial charge in [-0.3, -0.25) is 0 Å². The fourth-order valence-corrected chi connectivity index (χ4v) is 1.82. The van der Waals surface area contributed by atoms with E-state index in [1.807, 2.05) is 37.1 Å². The number of nitriles is 1. The Bertz CT molecular complexity index is 396. The number of nitrogens with zero attached hydrogens (tertiary/aromatic N) is 2. The molecule has 0 aromatic heterocycles. The summed E-state index contributed by atoms with van der Waals surface area (Å²) in [6.07, 6.45) is 0.503. The van der Waals surface area contributed by atoms with E-state index in [0.29, 0.717) is 18.0 Å². The summed E-state index contributed by atoms with van der Waals surface area (Å²) in [7, 11) is 1.94. The largest absolute Gasteiger partial charge is 0.374 e. The number of nitrogens with two attached hydrogens (primary N) is 1. The smallest absolute Gasteiger partial charge is 0.0640 e. The van der Waals surface area contributed by atoms with Gasteiger partial charge in [0, 0.05) is 30.3 Å². The highest BCUT2D eigenvalue weighted by molar-refractivity contribution is 6.31. The number of benzene rings is 1. The first-order valence-corrected chi connectivity index (χ1v) is 5.57. The van der Waals surface area contributed by atoms with Crippen LogP contribution in [0.25, 0.3) is 0 Å². The van der Waals surface area contributed by atoms with E-state index in [-0.39, 0.29) is 6.04 Å². The van der Waals surface area contributed by atoms with Crippen molar-refractivity contribution in [3.8, 4) is 6.07 Å². The van der Waals surface area contributed by atoms with E-state index >= 15 is 0 Å². The zero-order chi connectivity index (χ0) is 12.1. The van der Waals surface area contributed by atoms with Gasteiger partial charge >= 0.3 is 0 Å². The van der Waals surface area contributed by atoms with Crippen molar-refractivity contribution >= 4 is 17.3 Å². The van der Waals surface area contributed by atoms with Crippen molar-refractivity contribution in [1.29, 1.82) is 5.26 Å². The molecule has 0 bridgehead atoms. The molecule has 0 spiro atoms. The summed E-state index contributed by atoms with van der Waals surface area (Å²) < 4.78 is 0. The molecule has 0 saturated heterocycles. The average Bonchev–Trinajstić information content (AvgIpc) is 2.25. The van der Waals surface area contributed by atoms with Crippen LogP contribution in [0.3, 0.4) is 0 Å². The Morgan fingerprint density at radius 1 is 1.56 bits per heavy atom. The molecule has 0 aliphatic carbocycles. The lowest BCUT2D eigenvalue weighted by Crippen LogP contribution is -2.18. The molecule has 0 heterocycles. The molecule has 0 aliphatic heterocycles. The van der Waals surface area contributed by atoms with Crippen LogP contribution in [0.5, 0.6) is 0 Å². The molecule has 0 radical (unpaired) electrons. The second kappa shape index (κ2) is 5.74. The van der Waals surface area contributed by atoms with Gasteiger partial charge in [0.1, 0.15) is 0 Å². The molecule has 0 amide bonds. The number of hydrogen-bond acceptors (Lipinski definition) is 3. The Hall–Kier alpha value is -1.24. The Morgan fingerprint density at radius 3 is 2.75 bits per heavy atom. The number of rotatable bonds is 4. The second-order valence-corrected chi connectivity index (χ2v) is 4.23. The topological polar surface area (TPSA) is 53.0 Å². The lowest BCUT2D eigenvalue weighted by atomic mass is 10.1. The van der Waals surface area contributed by atoms with Crippen LogP contribution in [0.1, 0.15) is 24.9 Å². The fourth-order valence-electron chi connectivity index (χ4n) is 1.47. The highest BCUT2D eigenvalue weighted by Gasteiger charge is 2.08. The van der Waals surface area contributed by atoms with Crippen molar-refractivity contribution < 1.29 is 0 Å². The number of anilines is 1. The van der Waals surface area contributed by atoms with Crippen LogP contribution in [0.4, 0.5) is 5.69 Å². The van der Waals surface area contributed by atoms with E-state index in [1.165, 1.54) is 0 Å². The van der Waals surface area contributed by atoms with Crippen LogP contribution >= 0.6 is 11.6 Å². The highest BCUT2D eigenvalue weighted by atomic mass is 35.5. The molecule has 3 nitrogen and oxygen atoms in total. The molecule has 1 rings (SSSR count). The van der Waals surface area contributed by atoms with Gasteiger partial charge in [0.25, 0.3) is 0 Å². The van der Waals surface area contributed by atoms with Gasteiger partial charge in [0.15, 0.2) is 0 Å². The van der Waals surface area contributed by atoms with E-state index in [9.17, 15) is 0 Å². The van der Waals surface area contributed by atoms with Gasteiger partial charge in [-0.1, -0.05) is 17.7 Å². The second-order valence-electron chi connectivity index (χ2n) is 3.82. The van der Waals surface area contributed by atoms with Gasteiger partial charge in [-0.2, -0.15) is 5.26 Å². The highest BCUT2D eigenvalue weighted by Crippen LogP contribution is 2.26. The minimum Gasteiger partial charge on any atom is -0.374 e. The average molecular weight is 238 g/mol. The third-order valence-electron chi connectivity index (χ3n) is 2.47. The van der Waals surface area contributed by atoms with Crippen molar-refractivity contribution in [2.45, 2.75) is 19.4 Å². The predicted molar refractivity (Wildman–Crippen MR) is 67.6 cm³/mol. The molecule has 1 aromatic carbocycles. The first-order chi connectivity index (χ1) is 7.56. The van der Waals surface area contributed by atoms with Gasteiger partial charge < -0.3 is 10.6 Å². The van der Waals surface area contributed by atoms with Crippen molar-refractivity contribution in [2.75, 3.05) is 18.5 Å². The number of halogens is 1. The van der Waals surface area contributed by atoms with Crippen LogP contribution in [0.15, 0.2) is 18.2 Å². The Kier molecular flexibility index (Phi) is 4.60. The molecule has 1 atom stereocenters. The maximum Gasteiger partial charge on any atom is 0.0640 e. The van der Waals surface area contributed by atoms with Crippen molar-refractivity contribution in [1.82, 2.24) is 0 Å². The third kappa shape index (κ3) is 3.13. The predicted octanol–water partition coefficient (Wildman–Crippen LogP) is 2.71. The molecule has 1 aromatic rings. The monoisotopic (exact) mass is 237 g/mol. The molecule has 4 heteroatoms. The minimum atomic E-state index is -0.0639. The van der Waals surface area contributed by atoms with Crippen LogP contribution in [-0.4, -0.2) is 13.6 Å². The maximum absolute atomic E-state index is 8.51. The minimum absolute atomic E-state index is 0.0639. The first-order valence-electron chi connectivity index (χ1n) is 5.19. The normalized spacial score (nSPS) is 11.9. The van der Waals surface area contributed by atoms with E-state index in [1.54, 1.807) is 0 Å². The molecule has 0 fully saturated rings. The van der Waals surface area contributed by atoms with E-state index in [2.05, 4.69) is 6.07 Å². The van der Waals surface area contributed by atoms with Gasteiger partial charge in [-0.25, -0.2) is 0 Å². The van der Waals surface area contributed by atoms with Crippen LogP contribution in [0, 0.1) is 11.3 Å². The fraction of sp³-hybridized carbons (Fsp3) is 0.417. The van der Waals surface area contributed by atoms with Gasteiger partial charge in [0.2, 0.25) is 0 Å². The van der Waals surface area contributed by atoms with Gasteiger partial charge in [-0.05, 0) is 24.6 Å². The van der Waals surface area contributed by atoms with Crippen molar-refractivity contribution in [3.63, 3.8) is 0 Å². The molecule has 16 heavy (non-hydrogen) atoms. The third-order valence-corrected chi connectivity index (χ3v) is 2.80. The Morgan fingerprint density at radius 2 is 2.25 bits per heavy atom. The number of hydrogen-bond donors (Lipinski definition) is 1. The molecular weight excluding hydrogens is 222 g/mol. The van der Waals surface area contributed by atoms with Gasteiger partial charge in [-0.15, -0.1) is 0 Å². The summed E-state index contributed by atoms with van der Waals surface area (Å²) in [5, 5.41) is 9.19. The summed E-state index contributed by atoms with van der Waals surface area (Å²) in [5.74, 6) is 0. The molecule has 86 valence electrons. The van der Waals surface area contributed by atoms with Crippen LogP contribution < -0.4 is 10.6 Å². The summed E-state index contributed by atoms with van der Waals surface area (Å²) in [5.41, 5.74) is 7.73. The molecule has 2 N–H and O–H groups in total. The van der Waals surface area contributed by atoms with E-state index < -0.39 is 0 Å². The Labute approximate surface area is 101 Å². The SMILES string of the molecule is CC(N)c1ccc(N(C)CCC#N)cc1Cl.